The minimum absolute atomic E-state index is 0.115. The van der Waals surface area contributed by atoms with Crippen LogP contribution in [0.1, 0.15) is 16.8 Å². The quantitative estimate of drug-likeness (QED) is 0.754. The normalized spacial score (nSPS) is 19.2. The molecule has 5 nitrogen and oxygen atoms in total. The second-order valence-electron chi connectivity index (χ2n) is 4.08. The number of nitrogens with one attached hydrogen (secondary N) is 1. The first-order valence-corrected chi connectivity index (χ1v) is 6.62. The Hall–Kier alpha value is -1.43. The third-order valence-corrected chi connectivity index (χ3v) is 3.98. The van der Waals surface area contributed by atoms with Crippen LogP contribution in [0.2, 0.25) is 0 Å². The smallest absolute Gasteiger partial charge is 0.337 e. The summed E-state index contributed by atoms with van der Waals surface area (Å²) in [6.07, 6.45) is 2.54. The molecule has 4 N–H and O–H groups in total. The zero-order valence-electron chi connectivity index (χ0n) is 9.35. The van der Waals surface area contributed by atoms with Gasteiger partial charge in [0.1, 0.15) is 5.82 Å². The number of nitrogen functional groups attached to an aromatic ring is 1. The zero-order valence-corrected chi connectivity index (χ0v) is 10.2. The predicted molar refractivity (Wildman–Crippen MR) is 69.5 cm³/mol. The van der Waals surface area contributed by atoms with Crippen LogP contribution in [0.5, 0.6) is 0 Å². The molecule has 0 bridgehead atoms. The number of thioether (sulfide) groups is 1. The van der Waals surface area contributed by atoms with Crippen LogP contribution in [0.25, 0.3) is 0 Å². The van der Waals surface area contributed by atoms with Crippen molar-refractivity contribution >= 4 is 29.2 Å². The van der Waals surface area contributed by atoms with Gasteiger partial charge in [-0.1, -0.05) is 0 Å². The Morgan fingerprint density at radius 2 is 2.53 bits per heavy atom. The van der Waals surface area contributed by atoms with Gasteiger partial charge in [0.15, 0.2) is 0 Å². The highest BCUT2D eigenvalue weighted by molar-refractivity contribution is 7.99. The van der Waals surface area contributed by atoms with E-state index in [0.29, 0.717) is 17.4 Å². The number of anilines is 2. The SMILES string of the molecule is Nc1cc(C(=O)O)cnc1NCC1CCSC1. The molecule has 1 fully saturated rings. The van der Waals surface area contributed by atoms with E-state index >= 15 is 0 Å². The molecule has 1 aromatic heterocycles. The van der Waals surface area contributed by atoms with Crippen molar-refractivity contribution < 1.29 is 9.90 Å². The van der Waals surface area contributed by atoms with Gasteiger partial charge in [0, 0.05) is 12.7 Å². The molecule has 92 valence electrons. The van der Waals surface area contributed by atoms with Crippen molar-refractivity contribution in [3.05, 3.63) is 17.8 Å². The maximum Gasteiger partial charge on any atom is 0.337 e. The van der Waals surface area contributed by atoms with E-state index in [4.69, 9.17) is 10.8 Å². The van der Waals surface area contributed by atoms with Crippen LogP contribution >= 0.6 is 11.8 Å². The van der Waals surface area contributed by atoms with Gasteiger partial charge in [0.2, 0.25) is 0 Å². The number of nitrogens with zero attached hydrogens (tertiary/aromatic N) is 1. The van der Waals surface area contributed by atoms with Gasteiger partial charge in [-0.25, -0.2) is 9.78 Å². The molecule has 0 radical (unpaired) electrons. The Morgan fingerprint density at radius 1 is 1.71 bits per heavy atom. The number of pyridine rings is 1. The van der Waals surface area contributed by atoms with Gasteiger partial charge in [-0.05, 0) is 29.9 Å². The highest BCUT2D eigenvalue weighted by atomic mass is 32.2. The summed E-state index contributed by atoms with van der Waals surface area (Å²) >= 11 is 1.96. The van der Waals surface area contributed by atoms with Crippen LogP contribution < -0.4 is 11.1 Å². The summed E-state index contributed by atoms with van der Waals surface area (Å²) in [7, 11) is 0. The molecule has 17 heavy (non-hydrogen) atoms. The van der Waals surface area contributed by atoms with Gasteiger partial charge in [-0.15, -0.1) is 0 Å². The molecule has 0 aliphatic carbocycles. The first-order chi connectivity index (χ1) is 8.16. The van der Waals surface area contributed by atoms with Gasteiger partial charge in [-0.2, -0.15) is 11.8 Å². The zero-order chi connectivity index (χ0) is 12.3. The molecule has 1 aliphatic heterocycles. The van der Waals surface area contributed by atoms with Crippen molar-refractivity contribution in [3.63, 3.8) is 0 Å². The maximum atomic E-state index is 10.7. The van der Waals surface area contributed by atoms with Gasteiger partial charge in [0.25, 0.3) is 0 Å². The third kappa shape index (κ3) is 3.03. The molecule has 2 heterocycles. The molecule has 0 saturated carbocycles. The van der Waals surface area contributed by atoms with E-state index in [2.05, 4.69) is 10.3 Å². The summed E-state index contributed by atoms with van der Waals surface area (Å²) in [4.78, 5) is 14.7. The number of aromatic nitrogens is 1. The van der Waals surface area contributed by atoms with Gasteiger partial charge in [0.05, 0.1) is 11.3 Å². The van der Waals surface area contributed by atoms with Gasteiger partial charge >= 0.3 is 5.97 Å². The van der Waals surface area contributed by atoms with E-state index in [1.165, 1.54) is 30.2 Å². The van der Waals surface area contributed by atoms with E-state index in [9.17, 15) is 4.79 Å². The molecule has 0 spiro atoms. The molecule has 1 unspecified atom stereocenters. The van der Waals surface area contributed by atoms with Crippen molar-refractivity contribution in [3.8, 4) is 0 Å². The first kappa shape index (κ1) is 12.0. The van der Waals surface area contributed by atoms with Crippen molar-refractivity contribution in [2.45, 2.75) is 6.42 Å². The fourth-order valence-electron chi connectivity index (χ4n) is 1.73. The molecule has 1 aromatic rings. The van der Waals surface area contributed by atoms with Crippen molar-refractivity contribution in [2.75, 3.05) is 29.1 Å². The minimum atomic E-state index is -1.01. The molecule has 6 heteroatoms. The number of hydrogen-bond donors (Lipinski definition) is 3. The van der Waals surface area contributed by atoms with Crippen LogP contribution in [0.4, 0.5) is 11.5 Å². The predicted octanol–water partition coefficient (Wildman–Crippen LogP) is 1.53. The topological polar surface area (TPSA) is 88.2 Å². The Morgan fingerprint density at radius 3 is 3.12 bits per heavy atom. The molecule has 0 aromatic carbocycles. The maximum absolute atomic E-state index is 10.7. The largest absolute Gasteiger partial charge is 0.478 e. The number of hydrogen-bond acceptors (Lipinski definition) is 5. The monoisotopic (exact) mass is 253 g/mol. The van der Waals surface area contributed by atoms with E-state index in [1.807, 2.05) is 11.8 Å². The number of carboxylic acid groups (broad SMARTS) is 1. The van der Waals surface area contributed by atoms with Crippen LogP contribution in [0.15, 0.2) is 12.3 Å². The highest BCUT2D eigenvalue weighted by Crippen LogP contribution is 2.24. The van der Waals surface area contributed by atoms with Crippen LogP contribution in [0, 0.1) is 5.92 Å². The highest BCUT2D eigenvalue weighted by Gasteiger charge is 2.16. The van der Waals surface area contributed by atoms with Crippen LogP contribution in [0.3, 0.4) is 0 Å². The van der Waals surface area contributed by atoms with E-state index < -0.39 is 5.97 Å². The summed E-state index contributed by atoms with van der Waals surface area (Å²) in [5.41, 5.74) is 6.25. The van der Waals surface area contributed by atoms with E-state index in [1.54, 1.807) is 0 Å². The second kappa shape index (κ2) is 5.27. The second-order valence-corrected chi connectivity index (χ2v) is 5.23. The molecule has 1 saturated heterocycles. The fraction of sp³-hybridized carbons (Fsp3) is 0.455. The van der Waals surface area contributed by atoms with E-state index in [-0.39, 0.29) is 5.56 Å². The number of carboxylic acids is 1. The average Bonchev–Trinajstić information content (AvgIpc) is 2.80. The molecular weight excluding hydrogens is 238 g/mol. The third-order valence-electron chi connectivity index (χ3n) is 2.75. The summed E-state index contributed by atoms with van der Waals surface area (Å²) in [5, 5.41) is 12.0. The number of aromatic carboxylic acids is 1. The standard InChI is InChI=1S/C11H15N3O2S/c12-9-3-8(11(15)16)5-14-10(9)13-4-7-1-2-17-6-7/h3,5,7H,1-2,4,6,12H2,(H,13,14)(H,15,16). The first-order valence-electron chi connectivity index (χ1n) is 5.47. The van der Waals surface area contributed by atoms with Crippen molar-refractivity contribution in [2.24, 2.45) is 5.92 Å². The lowest BCUT2D eigenvalue weighted by atomic mass is 10.1. The molecular formula is C11H15N3O2S. The summed E-state index contributed by atoms with van der Waals surface area (Å²) in [5.74, 6) is 2.60. The molecule has 1 atom stereocenters. The Bertz CT molecular complexity index is 419. The summed E-state index contributed by atoms with van der Waals surface area (Å²) in [6, 6.07) is 1.43. The molecule has 1 aliphatic rings. The Labute approximate surface area is 104 Å². The summed E-state index contributed by atoms with van der Waals surface area (Å²) < 4.78 is 0. The van der Waals surface area contributed by atoms with Gasteiger partial charge in [-0.3, -0.25) is 0 Å². The van der Waals surface area contributed by atoms with Gasteiger partial charge < -0.3 is 16.2 Å². The molecule has 2 rings (SSSR count). The minimum Gasteiger partial charge on any atom is -0.478 e. The number of nitrogens with two attached hydrogens (primary N) is 1. The lowest BCUT2D eigenvalue weighted by Gasteiger charge is -2.12. The van der Waals surface area contributed by atoms with E-state index in [0.717, 1.165) is 6.54 Å². The van der Waals surface area contributed by atoms with Crippen LogP contribution in [-0.4, -0.2) is 34.1 Å². The fourth-order valence-corrected chi connectivity index (χ4v) is 3.02. The lowest BCUT2D eigenvalue weighted by molar-refractivity contribution is 0.0696. The summed E-state index contributed by atoms with van der Waals surface area (Å²) in [6.45, 7) is 0.844. The Balaban J connectivity index is 1.98. The molecule has 0 amide bonds. The van der Waals surface area contributed by atoms with Crippen molar-refractivity contribution in [1.29, 1.82) is 0 Å². The lowest BCUT2D eigenvalue weighted by Crippen LogP contribution is -2.15. The number of carbonyl (C=O) groups is 1. The average molecular weight is 253 g/mol. The Kier molecular flexibility index (Phi) is 3.73. The van der Waals surface area contributed by atoms with Crippen LogP contribution in [-0.2, 0) is 0 Å². The van der Waals surface area contributed by atoms with Crippen molar-refractivity contribution in [1.82, 2.24) is 4.98 Å². The number of rotatable bonds is 4.